The first-order valence-corrected chi connectivity index (χ1v) is 3.34. The Morgan fingerprint density at radius 3 is 2.92 bits per heavy atom. The monoisotopic (exact) mass is 165 g/mol. The molecule has 0 saturated heterocycles. The van der Waals surface area contributed by atoms with Crippen molar-refractivity contribution in [2.45, 2.75) is 0 Å². The molecule has 0 radical (unpaired) electrons. The predicted molar refractivity (Wildman–Crippen MR) is 40.9 cm³/mol. The second-order valence-electron chi connectivity index (χ2n) is 2.34. The lowest BCUT2D eigenvalue weighted by Crippen LogP contribution is -1.85. The van der Waals surface area contributed by atoms with Crippen molar-refractivity contribution in [2.24, 2.45) is 7.05 Å². The fraction of sp³-hybridized carbons (Fsp3) is 0.167. The molecule has 12 heavy (non-hydrogen) atoms. The molecule has 0 aliphatic heterocycles. The van der Waals surface area contributed by atoms with Crippen LogP contribution in [0.4, 0.5) is 6.01 Å². The second kappa shape index (κ2) is 2.33. The number of nitrogens with two attached hydrogens (primary N) is 1. The Labute approximate surface area is 68.0 Å². The molecule has 0 aliphatic rings. The normalized spacial score (nSPS) is 10.4. The van der Waals surface area contributed by atoms with Gasteiger partial charge in [0.1, 0.15) is 5.69 Å². The summed E-state index contributed by atoms with van der Waals surface area (Å²) < 4.78 is 6.61. The van der Waals surface area contributed by atoms with Crippen LogP contribution in [0.1, 0.15) is 0 Å². The van der Waals surface area contributed by atoms with Gasteiger partial charge in [0.2, 0.25) is 0 Å². The van der Waals surface area contributed by atoms with Gasteiger partial charge in [0, 0.05) is 7.05 Å². The van der Waals surface area contributed by atoms with Crippen LogP contribution < -0.4 is 5.73 Å². The number of rotatable bonds is 1. The van der Waals surface area contributed by atoms with Crippen LogP contribution in [-0.4, -0.2) is 20.0 Å². The highest BCUT2D eigenvalue weighted by Gasteiger charge is 2.06. The summed E-state index contributed by atoms with van der Waals surface area (Å²) in [6.45, 7) is 0. The summed E-state index contributed by atoms with van der Waals surface area (Å²) >= 11 is 0. The fourth-order valence-electron chi connectivity index (χ4n) is 0.866. The smallest absolute Gasteiger partial charge is 0.292 e. The summed E-state index contributed by atoms with van der Waals surface area (Å²) in [5, 5.41) is 7.56. The quantitative estimate of drug-likeness (QED) is 0.645. The molecule has 0 amide bonds. The zero-order valence-electron chi connectivity index (χ0n) is 6.43. The maximum atomic E-state index is 5.29. The van der Waals surface area contributed by atoms with Crippen molar-refractivity contribution in [1.29, 1.82) is 0 Å². The van der Waals surface area contributed by atoms with Crippen LogP contribution in [0.3, 0.4) is 0 Å². The summed E-state index contributed by atoms with van der Waals surface area (Å²) in [5.41, 5.74) is 5.92. The number of nitrogens with zero attached hydrogens (tertiary/aromatic N) is 4. The van der Waals surface area contributed by atoms with E-state index >= 15 is 0 Å². The molecule has 2 rings (SSSR count). The van der Waals surface area contributed by atoms with Crippen LogP contribution in [0.15, 0.2) is 16.8 Å². The number of oxazole rings is 1. The van der Waals surface area contributed by atoms with Crippen molar-refractivity contribution in [3.05, 3.63) is 12.4 Å². The highest BCUT2D eigenvalue weighted by Crippen LogP contribution is 2.17. The summed E-state index contributed by atoms with van der Waals surface area (Å²) in [7, 11) is 1.77. The Bertz CT molecular complexity index is 352. The van der Waals surface area contributed by atoms with Crippen molar-refractivity contribution in [2.75, 3.05) is 5.73 Å². The van der Waals surface area contributed by atoms with Gasteiger partial charge in [-0.25, -0.2) is 4.98 Å². The van der Waals surface area contributed by atoms with E-state index in [0.29, 0.717) is 11.5 Å². The molecule has 2 aromatic heterocycles. The molecular weight excluding hydrogens is 158 g/mol. The molecule has 0 saturated carbocycles. The molecule has 0 bridgehead atoms. The predicted octanol–water partition coefficient (Wildman–Crippen LogP) is 0.0523. The molecule has 0 aliphatic carbocycles. The maximum Gasteiger partial charge on any atom is 0.292 e. The molecule has 6 nitrogen and oxygen atoms in total. The van der Waals surface area contributed by atoms with Gasteiger partial charge in [0.05, 0.1) is 12.4 Å². The zero-order chi connectivity index (χ0) is 8.55. The minimum Gasteiger partial charge on any atom is -0.422 e. The topological polar surface area (TPSA) is 82.8 Å². The highest BCUT2D eigenvalue weighted by atomic mass is 16.4. The molecule has 0 unspecified atom stereocenters. The maximum absolute atomic E-state index is 5.29. The van der Waals surface area contributed by atoms with E-state index in [0.717, 1.165) is 0 Å². The molecule has 6 heteroatoms. The first kappa shape index (κ1) is 6.84. The average molecular weight is 165 g/mol. The zero-order valence-corrected chi connectivity index (χ0v) is 6.43. The van der Waals surface area contributed by atoms with E-state index in [1.165, 1.54) is 6.20 Å². The van der Waals surface area contributed by atoms with E-state index in [1.54, 1.807) is 17.9 Å². The lowest BCUT2D eigenvalue weighted by Gasteiger charge is -1.83. The summed E-state index contributed by atoms with van der Waals surface area (Å²) in [6, 6.07) is 0.135. The lowest BCUT2D eigenvalue weighted by molar-refractivity contribution is 0.592. The second-order valence-corrected chi connectivity index (χ2v) is 2.34. The van der Waals surface area contributed by atoms with Crippen molar-refractivity contribution in [3.8, 4) is 11.5 Å². The number of hydrogen-bond acceptors (Lipinski definition) is 5. The third-order valence-corrected chi connectivity index (χ3v) is 1.38. The Morgan fingerprint density at radius 1 is 1.58 bits per heavy atom. The van der Waals surface area contributed by atoms with E-state index < -0.39 is 0 Å². The number of anilines is 1. The third kappa shape index (κ3) is 1.03. The summed E-state index contributed by atoms with van der Waals surface area (Å²) in [5.74, 6) is 0.528. The number of aryl methyl sites for hydroxylation is 1. The average Bonchev–Trinajstić information content (AvgIpc) is 2.58. The summed E-state index contributed by atoms with van der Waals surface area (Å²) in [6.07, 6.45) is 3.24. The fourth-order valence-corrected chi connectivity index (χ4v) is 0.866. The standard InChI is InChI=1S/C6H7N5O/c1-11-3-4(9-10-11)5-2-8-6(7)12-5/h2-3H,1H3,(H2,7,8). The van der Waals surface area contributed by atoms with Gasteiger partial charge in [-0.3, -0.25) is 4.68 Å². The van der Waals surface area contributed by atoms with Crippen molar-refractivity contribution in [3.63, 3.8) is 0 Å². The SMILES string of the molecule is Cn1cc(-c2cnc(N)o2)nn1. The number of hydrogen-bond donors (Lipinski definition) is 1. The van der Waals surface area contributed by atoms with E-state index in [4.69, 9.17) is 10.2 Å². The Hall–Kier alpha value is -1.85. The number of aromatic nitrogens is 4. The van der Waals surface area contributed by atoms with E-state index in [-0.39, 0.29) is 6.01 Å². The Morgan fingerprint density at radius 2 is 2.42 bits per heavy atom. The van der Waals surface area contributed by atoms with Crippen molar-refractivity contribution < 1.29 is 4.42 Å². The van der Waals surface area contributed by atoms with Crippen LogP contribution >= 0.6 is 0 Å². The molecule has 0 fully saturated rings. The van der Waals surface area contributed by atoms with Crippen LogP contribution in [-0.2, 0) is 7.05 Å². The molecular formula is C6H7N5O. The van der Waals surface area contributed by atoms with Crippen molar-refractivity contribution >= 4 is 6.01 Å². The minimum absolute atomic E-state index is 0.135. The number of nitrogen functional groups attached to an aromatic ring is 1. The highest BCUT2D eigenvalue weighted by molar-refractivity contribution is 5.49. The van der Waals surface area contributed by atoms with Gasteiger partial charge < -0.3 is 10.2 Å². The first-order chi connectivity index (χ1) is 5.75. The van der Waals surface area contributed by atoms with Crippen molar-refractivity contribution in [1.82, 2.24) is 20.0 Å². The van der Waals surface area contributed by atoms with E-state index in [1.807, 2.05) is 0 Å². The molecule has 2 N–H and O–H groups in total. The van der Waals surface area contributed by atoms with Crippen LogP contribution in [0.2, 0.25) is 0 Å². The van der Waals surface area contributed by atoms with Crippen LogP contribution in [0, 0.1) is 0 Å². The van der Waals surface area contributed by atoms with Gasteiger partial charge >= 0.3 is 0 Å². The largest absolute Gasteiger partial charge is 0.422 e. The minimum atomic E-state index is 0.135. The Kier molecular flexibility index (Phi) is 1.33. The molecule has 0 aromatic carbocycles. The van der Waals surface area contributed by atoms with Gasteiger partial charge in [-0.15, -0.1) is 5.10 Å². The molecule has 0 atom stereocenters. The van der Waals surface area contributed by atoms with Crippen LogP contribution in [0.5, 0.6) is 0 Å². The van der Waals surface area contributed by atoms with Crippen LogP contribution in [0.25, 0.3) is 11.5 Å². The third-order valence-electron chi connectivity index (χ3n) is 1.38. The molecule has 2 heterocycles. The molecule has 62 valence electrons. The van der Waals surface area contributed by atoms with Gasteiger partial charge in [0.25, 0.3) is 6.01 Å². The van der Waals surface area contributed by atoms with E-state index in [2.05, 4.69) is 15.3 Å². The van der Waals surface area contributed by atoms with Gasteiger partial charge in [-0.05, 0) is 0 Å². The molecule has 2 aromatic rings. The molecule has 0 spiro atoms. The Balaban J connectivity index is 2.43. The van der Waals surface area contributed by atoms with E-state index in [9.17, 15) is 0 Å². The first-order valence-electron chi connectivity index (χ1n) is 3.34. The lowest BCUT2D eigenvalue weighted by atomic mass is 10.4. The summed E-state index contributed by atoms with van der Waals surface area (Å²) in [4.78, 5) is 3.74. The van der Waals surface area contributed by atoms with Gasteiger partial charge in [-0.1, -0.05) is 5.21 Å². The van der Waals surface area contributed by atoms with Gasteiger partial charge in [-0.2, -0.15) is 0 Å². The van der Waals surface area contributed by atoms with Gasteiger partial charge in [0.15, 0.2) is 5.76 Å².